The van der Waals surface area contributed by atoms with Crippen molar-refractivity contribution in [1.82, 2.24) is 16.0 Å². The average molecular weight is 421 g/mol. The van der Waals surface area contributed by atoms with Gasteiger partial charge in [-0.25, -0.2) is 0 Å². The predicted molar refractivity (Wildman–Crippen MR) is 111 cm³/mol. The average Bonchev–Trinajstić information content (AvgIpc) is 2.79. The SMILES string of the molecule is COc1cc(C(=O)NCC(=O)NCCNC(=O)C2CCCCC2)cc(OC)c1OC. The fraction of sp³-hybridized carbons (Fsp3) is 0.571. The molecule has 1 fully saturated rings. The molecule has 1 aromatic rings. The summed E-state index contributed by atoms with van der Waals surface area (Å²) in [6.45, 7) is 0.477. The molecule has 3 amide bonds. The maximum Gasteiger partial charge on any atom is 0.251 e. The number of rotatable bonds is 10. The summed E-state index contributed by atoms with van der Waals surface area (Å²) < 4.78 is 15.7. The highest BCUT2D eigenvalue weighted by Crippen LogP contribution is 2.38. The first-order valence-corrected chi connectivity index (χ1v) is 10.1. The summed E-state index contributed by atoms with van der Waals surface area (Å²) in [7, 11) is 4.39. The van der Waals surface area contributed by atoms with Crippen molar-refractivity contribution in [2.24, 2.45) is 5.92 Å². The standard InChI is InChI=1S/C21H31N3O6/c1-28-16-11-15(12-17(29-2)19(16)30-3)21(27)24-13-18(25)22-9-10-23-20(26)14-7-5-4-6-8-14/h11-12,14H,4-10,13H2,1-3H3,(H,22,25)(H,23,26)(H,24,27). The Morgan fingerprint density at radius 2 is 1.47 bits per heavy atom. The van der Waals surface area contributed by atoms with Gasteiger partial charge in [0.15, 0.2) is 11.5 Å². The van der Waals surface area contributed by atoms with E-state index in [2.05, 4.69) is 16.0 Å². The molecule has 166 valence electrons. The Bertz CT molecular complexity index is 721. The van der Waals surface area contributed by atoms with Crippen LogP contribution in [0.2, 0.25) is 0 Å². The second-order valence-electron chi connectivity index (χ2n) is 7.07. The van der Waals surface area contributed by atoms with Crippen molar-refractivity contribution in [3.05, 3.63) is 17.7 Å². The number of methoxy groups -OCH3 is 3. The summed E-state index contributed by atoms with van der Waals surface area (Å²) in [5, 5.41) is 8.08. The zero-order valence-corrected chi connectivity index (χ0v) is 17.8. The Morgan fingerprint density at radius 3 is 2.03 bits per heavy atom. The number of carbonyl (C=O) groups excluding carboxylic acids is 3. The lowest BCUT2D eigenvalue weighted by atomic mass is 9.89. The topological polar surface area (TPSA) is 115 Å². The van der Waals surface area contributed by atoms with E-state index in [1.807, 2.05) is 0 Å². The van der Waals surface area contributed by atoms with Gasteiger partial charge in [0.05, 0.1) is 27.9 Å². The first kappa shape index (κ1) is 23.3. The summed E-state index contributed by atoms with van der Waals surface area (Å²) in [6, 6.07) is 3.02. The van der Waals surface area contributed by atoms with Crippen LogP contribution in [0.4, 0.5) is 0 Å². The number of ether oxygens (including phenoxy) is 3. The van der Waals surface area contributed by atoms with Crippen LogP contribution < -0.4 is 30.2 Å². The molecule has 1 aliphatic rings. The summed E-state index contributed by atoms with van der Waals surface area (Å²) in [6.07, 6.45) is 5.26. The minimum absolute atomic E-state index is 0.0552. The van der Waals surface area contributed by atoms with Crippen molar-refractivity contribution in [2.45, 2.75) is 32.1 Å². The molecule has 0 saturated heterocycles. The van der Waals surface area contributed by atoms with Crippen LogP contribution in [-0.4, -0.2) is 58.7 Å². The molecular weight excluding hydrogens is 390 g/mol. The van der Waals surface area contributed by atoms with E-state index in [4.69, 9.17) is 14.2 Å². The van der Waals surface area contributed by atoms with Gasteiger partial charge in [-0.05, 0) is 25.0 Å². The third kappa shape index (κ3) is 6.53. The van der Waals surface area contributed by atoms with E-state index in [1.165, 1.54) is 39.9 Å². The molecule has 0 radical (unpaired) electrons. The first-order valence-electron chi connectivity index (χ1n) is 10.1. The van der Waals surface area contributed by atoms with Crippen molar-refractivity contribution in [2.75, 3.05) is 41.0 Å². The number of amides is 3. The van der Waals surface area contributed by atoms with Crippen molar-refractivity contribution in [1.29, 1.82) is 0 Å². The number of benzene rings is 1. The highest BCUT2D eigenvalue weighted by atomic mass is 16.5. The lowest BCUT2D eigenvalue weighted by Gasteiger charge is -2.20. The monoisotopic (exact) mass is 421 g/mol. The number of hydrogen-bond donors (Lipinski definition) is 3. The van der Waals surface area contributed by atoms with E-state index in [0.717, 1.165) is 25.7 Å². The second kappa shape index (κ2) is 11.9. The summed E-state index contributed by atoms with van der Waals surface area (Å²) in [5.74, 6) is 0.425. The van der Waals surface area contributed by atoms with Gasteiger partial charge in [0.25, 0.3) is 5.91 Å². The molecule has 0 aliphatic heterocycles. The molecule has 1 saturated carbocycles. The zero-order valence-electron chi connectivity index (χ0n) is 17.8. The number of carbonyl (C=O) groups is 3. The fourth-order valence-corrected chi connectivity index (χ4v) is 3.43. The highest BCUT2D eigenvalue weighted by Gasteiger charge is 2.20. The van der Waals surface area contributed by atoms with Crippen LogP contribution >= 0.6 is 0 Å². The van der Waals surface area contributed by atoms with Crippen LogP contribution in [0.5, 0.6) is 17.2 Å². The van der Waals surface area contributed by atoms with E-state index in [-0.39, 0.29) is 29.8 Å². The minimum atomic E-state index is -0.449. The molecule has 2 rings (SSSR count). The zero-order chi connectivity index (χ0) is 21.9. The van der Waals surface area contributed by atoms with Crippen molar-refractivity contribution in [3.8, 4) is 17.2 Å². The molecule has 9 heteroatoms. The molecule has 0 heterocycles. The van der Waals surface area contributed by atoms with Crippen LogP contribution in [0.25, 0.3) is 0 Å². The maximum atomic E-state index is 12.4. The van der Waals surface area contributed by atoms with Gasteiger partial charge in [-0.2, -0.15) is 0 Å². The Labute approximate surface area is 176 Å². The quantitative estimate of drug-likeness (QED) is 0.490. The highest BCUT2D eigenvalue weighted by molar-refractivity contribution is 5.97. The largest absolute Gasteiger partial charge is 0.493 e. The molecule has 0 spiro atoms. The van der Waals surface area contributed by atoms with Crippen molar-refractivity contribution >= 4 is 17.7 Å². The van der Waals surface area contributed by atoms with Crippen LogP contribution in [0.15, 0.2) is 12.1 Å². The molecule has 0 bridgehead atoms. The van der Waals surface area contributed by atoms with Gasteiger partial charge in [0, 0.05) is 24.6 Å². The van der Waals surface area contributed by atoms with E-state index in [1.54, 1.807) is 0 Å². The van der Waals surface area contributed by atoms with Crippen LogP contribution in [0.1, 0.15) is 42.5 Å². The lowest BCUT2D eigenvalue weighted by Crippen LogP contribution is -2.41. The third-order valence-electron chi connectivity index (χ3n) is 5.06. The molecule has 0 aromatic heterocycles. The van der Waals surface area contributed by atoms with Crippen LogP contribution in [0, 0.1) is 5.92 Å². The Balaban J connectivity index is 1.75. The fourth-order valence-electron chi connectivity index (χ4n) is 3.43. The lowest BCUT2D eigenvalue weighted by molar-refractivity contribution is -0.126. The molecule has 3 N–H and O–H groups in total. The van der Waals surface area contributed by atoms with Gasteiger partial charge in [-0.1, -0.05) is 19.3 Å². The normalized spacial score (nSPS) is 13.8. The third-order valence-corrected chi connectivity index (χ3v) is 5.06. The smallest absolute Gasteiger partial charge is 0.251 e. The molecule has 30 heavy (non-hydrogen) atoms. The second-order valence-corrected chi connectivity index (χ2v) is 7.07. The Morgan fingerprint density at radius 1 is 0.867 bits per heavy atom. The Kier molecular flexibility index (Phi) is 9.24. The van der Waals surface area contributed by atoms with E-state index >= 15 is 0 Å². The molecule has 9 nitrogen and oxygen atoms in total. The summed E-state index contributed by atoms with van der Waals surface area (Å²) in [4.78, 5) is 36.4. The van der Waals surface area contributed by atoms with Gasteiger partial charge in [0.2, 0.25) is 17.6 Å². The van der Waals surface area contributed by atoms with Crippen LogP contribution in [0.3, 0.4) is 0 Å². The minimum Gasteiger partial charge on any atom is -0.493 e. The molecular formula is C21H31N3O6. The van der Waals surface area contributed by atoms with Crippen molar-refractivity contribution in [3.63, 3.8) is 0 Å². The van der Waals surface area contributed by atoms with Crippen molar-refractivity contribution < 1.29 is 28.6 Å². The first-order chi connectivity index (χ1) is 14.5. The van der Waals surface area contributed by atoms with Gasteiger partial charge in [-0.3, -0.25) is 14.4 Å². The summed E-state index contributed by atoms with van der Waals surface area (Å²) >= 11 is 0. The molecule has 1 aliphatic carbocycles. The van der Waals surface area contributed by atoms with E-state index in [0.29, 0.717) is 30.3 Å². The number of nitrogens with one attached hydrogen (secondary N) is 3. The molecule has 1 aromatic carbocycles. The van der Waals surface area contributed by atoms with Crippen LogP contribution in [-0.2, 0) is 9.59 Å². The number of hydrogen-bond acceptors (Lipinski definition) is 6. The molecule has 0 atom stereocenters. The van der Waals surface area contributed by atoms with Gasteiger partial charge >= 0.3 is 0 Å². The van der Waals surface area contributed by atoms with Gasteiger partial charge in [0.1, 0.15) is 0 Å². The van der Waals surface area contributed by atoms with Gasteiger partial charge < -0.3 is 30.2 Å². The summed E-state index contributed by atoms with van der Waals surface area (Å²) in [5.41, 5.74) is 0.275. The maximum absolute atomic E-state index is 12.4. The predicted octanol–water partition coefficient (Wildman–Crippen LogP) is 1.25. The Hall–Kier alpha value is -2.97. The van der Waals surface area contributed by atoms with Gasteiger partial charge in [-0.15, -0.1) is 0 Å². The molecule has 0 unspecified atom stereocenters. The van der Waals surface area contributed by atoms with E-state index < -0.39 is 5.91 Å². The van der Waals surface area contributed by atoms with E-state index in [9.17, 15) is 14.4 Å².